The summed E-state index contributed by atoms with van der Waals surface area (Å²) in [5, 5.41) is 8.39. The van der Waals surface area contributed by atoms with Crippen molar-refractivity contribution >= 4 is 76.6 Å². The first-order valence-electron chi connectivity index (χ1n) is 18.9. The second-order valence-electron chi connectivity index (χ2n) is 16.4. The number of amides is 1. The van der Waals surface area contributed by atoms with E-state index in [-0.39, 0.29) is 33.0 Å². The molecule has 1 aliphatic rings. The van der Waals surface area contributed by atoms with Crippen LogP contribution in [0.15, 0.2) is 127 Å². The van der Waals surface area contributed by atoms with E-state index in [1.165, 1.54) is 33.5 Å². The van der Waals surface area contributed by atoms with Crippen LogP contribution in [0.5, 0.6) is 0 Å². The van der Waals surface area contributed by atoms with Crippen LogP contribution in [0.4, 0.5) is 5.13 Å². The zero-order chi connectivity index (χ0) is 39.4. The summed E-state index contributed by atoms with van der Waals surface area (Å²) in [6.45, 7) is 18.7. The Morgan fingerprint density at radius 3 is 1.58 bits per heavy atom. The van der Waals surface area contributed by atoms with Crippen LogP contribution in [-0.4, -0.2) is 68.7 Å². The Morgan fingerprint density at radius 1 is 0.764 bits per heavy atom. The fourth-order valence-electron chi connectivity index (χ4n) is 7.70. The molecule has 1 aromatic heterocycles. The van der Waals surface area contributed by atoms with Crippen molar-refractivity contribution < 1.29 is 18.5 Å². The number of thioether (sulfide) groups is 1. The second-order valence-corrected chi connectivity index (χ2v) is 27.2. The van der Waals surface area contributed by atoms with Gasteiger partial charge in [0.05, 0.1) is 12.6 Å². The van der Waals surface area contributed by atoms with Crippen molar-refractivity contribution in [2.24, 2.45) is 0 Å². The molecule has 11 heteroatoms. The van der Waals surface area contributed by atoms with Crippen molar-refractivity contribution in [2.45, 2.75) is 76.8 Å². The highest BCUT2D eigenvalue weighted by molar-refractivity contribution is 8.14. The maximum Gasteiger partial charge on any atom is 0.296 e. The number of hydrogen-bond acceptors (Lipinski definition) is 8. The van der Waals surface area contributed by atoms with Gasteiger partial charge in [0.25, 0.3) is 22.5 Å². The van der Waals surface area contributed by atoms with E-state index in [1.807, 2.05) is 60.8 Å². The van der Waals surface area contributed by atoms with E-state index < -0.39 is 22.7 Å². The molecule has 7 nitrogen and oxygen atoms in total. The summed E-state index contributed by atoms with van der Waals surface area (Å²) in [5.41, 5.74) is 0.331. The summed E-state index contributed by atoms with van der Waals surface area (Å²) in [6, 6.07) is 41.4. The lowest BCUT2D eigenvalue weighted by molar-refractivity contribution is -0.109. The van der Waals surface area contributed by atoms with Crippen molar-refractivity contribution in [3.63, 3.8) is 0 Å². The Morgan fingerprint density at radius 2 is 1.18 bits per heavy atom. The highest BCUT2D eigenvalue weighted by Gasteiger charge is 2.55. The lowest BCUT2D eigenvalue weighted by atomic mass is 10.2. The van der Waals surface area contributed by atoms with Gasteiger partial charge in [-0.15, -0.1) is 11.3 Å². The summed E-state index contributed by atoms with van der Waals surface area (Å²) in [7, 11) is -6.20. The van der Waals surface area contributed by atoms with Crippen LogP contribution >= 0.6 is 23.1 Å². The maximum atomic E-state index is 15.1. The molecule has 0 radical (unpaired) electrons. The number of hydroxylamine groups is 2. The van der Waals surface area contributed by atoms with E-state index in [1.54, 1.807) is 12.0 Å². The Balaban J connectivity index is 1.44. The molecule has 5 aromatic rings. The van der Waals surface area contributed by atoms with Crippen molar-refractivity contribution in [3.8, 4) is 0 Å². The number of thiazole rings is 1. The van der Waals surface area contributed by atoms with Crippen molar-refractivity contribution in [1.82, 2.24) is 10.0 Å². The van der Waals surface area contributed by atoms with Gasteiger partial charge in [-0.1, -0.05) is 175 Å². The minimum absolute atomic E-state index is 0.116. The van der Waals surface area contributed by atoms with Crippen molar-refractivity contribution in [2.75, 3.05) is 24.6 Å². The lowest BCUT2D eigenvalue weighted by Crippen LogP contribution is -2.70. The van der Waals surface area contributed by atoms with Gasteiger partial charge < -0.3 is 13.9 Å². The molecule has 0 N–H and O–H groups in total. The van der Waals surface area contributed by atoms with E-state index >= 15 is 4.79 Å². The van der Waals surface area contributed by atoms with Gasteiger partial charge in [-0.05, 0) is 37.7 Å². The van der Waals surface area contributed by atoms with Crippen LogP contribution in [0, 0.1) is 0 Å². The van der Waals surface area contributed by atoms with Crippen LogP contribution in [0.25, 0.3) is 0 Å². The first-order chi connectivity index (χ1) is 26.2. The highest BCUT2D eigenvalue weighted by Crippen LogP contribution is 2.40. The van der Waals surface area contributed by atoms with E-state index in [9.17, 15) is 4.79 Å². The average Bonchev–Trinajstić information content (AvgIpc) is 3.64. The summed E-state index contributed by atoms with van der Waals surface area (Å²) < 4.78 is 15.0. The number of nitrogens with zero attached hydrogens (tertiary/aromatic N) is 3. The molecule has 1 fully saturated rings. The van der Waals surface area contributed by atoms with Gasteiger partial charge in [0, 0.05) is 30.6 Å². The number of carbonyl (C=O) groups excluding carboxylic acids is 2. The van der Waals surface area contributed by atoms with E-state index in [2.05, 4.69) is 119 Å². The van der Waals surface area contributed by atoms with Gasteiger partial charge in [-0.3, -0.25) is 9.59 Å². The highest BCUT2D eigenvalue weighted by atomic mass is 32.2. The van der Waals surface area contributed by atoms with Gasteiger partial charge >= 0.3 is 0 Å². The van der Waals surface area contributed by atoms with E-state index in [0.717, 1.165) is 28.6 Å². The molecule has 1 unspecified atom stereocenters. The Labute approximate surface area is 337 Å². The molecule has 1 aliphatic heterocycles. The molecular formula is C44H53N3O4S2Si2. The maximum absolute atomic E-state index is 15.1. The molecule has 4 aromatic carbocycles. The molecule has 2 heterocycles. The Hall–Kier alpha value is -3.85. The fraction of sp³-hybridized carbons (Fsp3) is 0.341. The molecule has 0 saturated carbocycles. The number of hydrogen-bond donors (Lipinski definition) is 0. The third-order valence-corrected chi connectivity index (χ3v) is 22.1. The molecular weight excluding hydrogens is 755 g/mol. The summed E-state index contributed by atoms with van der Waals surface area (Å²) >= 11 is 2.81. The van der Waals surface area contributed by atoms with Gasteiger partial charge in [-0.2, -0.15) is 0 Å². The predicted molar refractivity (Wildman–Crippen MR) is 234 cm³/mol. The molecule has 55 heavy (non-hydrogen) atoms. The number of carbonyl (C=O) groups is 2. The predicted octanol–water partition coefficient (Wildman–Crippen LogP) is 7.51. The number of anilines is 1. The third-order valence-electron chi connectivity index (χ3n) is 10.4. The minimum atomic E-state index is -3.25. The van der Waals surface area contributed by atoms with Gasteiger partial charge in [-0.25, -0.2) is 10.0 Å². The van der Waals surface area contributed by atoms with Crippen molar-refractivity contribution in [3.05, 3.63) is 132 Å². The van der Waals surface area contributed by atoms with Crippen molar-refractivity contribution in [1.29, 1.82) is 0 Å². The van der Waals surface area contributed by atoms with Crippen LogP contribution in [0.1, 0.15) is 65.9 Å². The summed E-state index contributed by atoms with van der Waals surface area (Å²) in [4.78, 5) is 33.9. The van der Waals surface area contributed by atoms with Gasteiger partial charge in [0.2, 0.25) is 0 Å². The second kappa shape index (κ2) is 16.7. The number of aromatic nitrogens is 1. The zero-order valence-electron chi connectivity index (χ0n) is 33.2. The van der Waals surface area contributed by atoms with Crippen LogP contribution in [-0.2, 0) is 13.7 Å². The molecule has 288 valence electrons. The molecule has 0 aliphatic carbocycles. The number of rotatable bonds is 13. The van der Waals surface area contributed by atoms with E-state index in [0.29, 0.717) is 5.69 Å². The quantitative estimate of drug-likeness (QED) is 0.0902. The van der Waals surface area contributed by atoms with Gasteiger partial charge in [0.15, 0.2) is 10.2 Å². The minimum Gasteiger partial charge on any atom is -0.405 e. The fourth-order valence-corrected chi connectivity index (χ4v) is 18.6. The van der Waals surface area contributed by atoms with Gasteiger partial charge in [0.1, 0.15) is 5.69 Å². The monoisotopic (exact) mass is 807 g/mol. The lowest BCUT2D eigenvalue weighted by Gasteiger charge is -2.47. The first kappa shape index (κ1) is 40.8. The molecule has 1 amide bonds. The smallest absolute Gasteiger partial charge is 0.296 e. The topological polar surface area (TPSA) is 72.0 Å². The molecule has 0 spiro atoms. The molecule has 1 saturated heterocycles. The summed E-state index contributed by atoms with van der Waals surface area (Å²) in [6.07, 6.45) is 0. The molecule has 6 rings (SSSR count). The van der Waals surface area contributed by atoms with Crippen LogP contribution in [0.3, 0.4) is 0 Å². The molecule has 0 bridgehead atoms. The Kier molecular flexibility index (Phi) is 12.4. The normalized spacial score (nSPS) is 14.7. The third kappa shape index (κ3) is 8.33. The zero-order valence-corrected chi connectivity index (χ0v) is 36.8. The van der Waals surface area contributed by atoms with E-state index in [4.69, 9.17) is 13.9 Å². The Bertz CT molecular complexity index is 1950. The summed E-state index contributed by atoms with van der Waals surface area (Å²) in [5.74, 6) is -0.302. The number of benzene rings is 4. The molecule has 1 atom stereocenters. The standard InChI is InChI=1S/C44H53N3O4S2Si2/c1-33(31-50-54(43(3,4)5,36-21-13-9-14-22-36)37-23-15-10-16-24-37)47(41(49)40-32-52-42(45-40)46-29-35(30-46)53-34(2)48)51-55(44(6,7)8,38-25-17-11-18-26-38)39-27-19-12-20-28-39/h9-28,32-33,35H,29-31H2,1-8H3. The average molecular weight is 808 g/mol. The largest absolute Gasteiger partial charge is 0.405 e. The van der Waals surface area contributed by atoms with Crippen LogP contribution in [0.2, 0.25) is 10.1 Å². The first-order valence-corrected chi connectivity index (χ1v) is 24.5. The SMILES string of the molecule is CC(=O)SC1CN(c2nc(C(=O)N(O[Si](c3ccccc3)(c3ccccc3)C(C)(C)C)C(C)CO[Si](c3ccccc3)(c3ccccc3)C(C)(C)C)cs2)C1. The van der Waals surface area contributed by atoms with Crippen LogP contribution < -0.4 is 25.6 Å².